The molecule has 1 amide bonds. The lowest BCUT2D eigenvalue weighted by atomic mass is 10.2. The SMILES string of the molecule is CC(CN(C)C)N1C(=O)C2(CC2)NC1C. The van der Waals surface area contributed by atoms with Crippen molar-refractivity contribution in [2.24, 2.45) is 0 Å². The lowest BCUT2D eigenvalue weighted by molar-refractivity contribution is -0.132. The van der Waals surface area contributed by atoms with Crippen LogP contribution in [0.4, 0.5) is 0 Å². The van der Waals surface area contributed by atoms with Gasteiger partial charge in [-0.25, -0.2) is 0 Å². The van der Waals surface area contributed by atoms with Gasteiger partial charge >= 0.3 is 0 Å². The van der Waals surface area contributed by atoms with Crippen LogP contribution in [0.3, 0.4) is 0 Å². The first kappa shape index (κ1) is 10.9. The van der Waals surface area contributed by atoms with Crippen molar-refractivity contribution < 1.29 is 4.79 Å². The van der Waals surface area contributed by atoms with Gasteiger partial charge in [0, 0.05) is 12.6 Å². The van der Waals surface area contributed by atoms with E-state index in [0.717, 1.165) is 19.4 Å². The molecule has 0 aromatic carbocycles. The summed E-state index contributed by atoms with van der Waals surface area (Å²) in [5, 5.41) is 3.42. The second-order valence-corrected chi connectivity index (χ2v) is 5.23. The molecule has 1 aliphatic carbocycles. The van der Waals surface area contributed by atoms with E-state index in [2.05, 4.69) is 24.1 Å². The van der Waals surface area contributed by atoms with Gasteiger partial charge in [-0.3, -0.25) is 10.1 Å². The molecule has 0 aromatic rings. The number of carbonyl (C=O) groups is 1. The Balaban J connectivity index is 2.05. The summed E-state index contributed by atoms with van der Waals surface area (Å²) in [5.74, 6) is 0.310. The zero-order valence-electron chi connectivity index (χ0n) is 10.1. The molecule has 0 radical (unpaired) electrons. The van der Waals surface area contributed by atoms with Crippen molar-refractivity contribution in [2.75, 3.05) is 20.6 Å². The summed E-state index contributed by atoms with van der Waals surface area (Å²) in [6.45, 7) is 5.13. The van der Waals surface area contributed by atoms with Crippen molar-refractivity contribution in [3.05, 3.63) is 0 Å². The van der Waals surface area contributed by atoms with Gasteiger partial charge in [-0.1, -0.05) is 0 Å². The van der Waals surface area contributed by atoms with E-state index in [1.165, 1.54) is 0 Å². The Hall–Kier alpha value is -0.610. The van der Waals surface area contributed by atoms with Crippen LogP contribution in [0.15, 0.2) is 0 Å². The van der Waals surface area contributed by atoms with E-state index < -0.39 is 0 Å². The first-order valence-electron chi connectivity index (χ1n) is 5.71. The van der Waals surface area contributed by atoms with Crippen molar-refractivity contribution in [1.29, 1.82) is 0 Å². The third kappa shape index (κ3) is 1.76. The molecule has 2 atom stereocenters. The van der Waals surface area contributed by atoms with Crippen LogP contribution in [0.5, 0.6) is 0 Å². The van der Waals surface area contributed by atoms with Crippen LogP contribution in [0.2, 0.25) is 0 Å². The predicted octanol–water partition coefficient (Wildman–Crippen LogP) is 0.247. The molecule has 1 aliphatic heterocycles. The van der Waals surface area contributed by atoms with Gasteiger partial charge in [-0.2, -0.15) is 0 Å². The van der Waals surface area contributed by atoms with Gasteiger partial charge in [0.15, 0.2) is 0 Å². The highest BCUT2D eigenvalue weighted by Gasteiger charge is 2.58. The van der Waals surface area contributed by atoms with Gasteiger partial charge in [0.1, 0.15) is 0 Å². The van der Waals surface area contributed by atoms with Crippen LogP contribution in [0, 0.1) is 0 Å². The molecule has 0 aromatic heterocycles. The smallest absolute Gasteiger partial charge is 0.244 e. The lowest BCUT2D eigenvalue weighted by Crippen LogP contribution is -2.46. The number of hydrogen-bond acceptors (Lipinski definition) is 3. The Morgan fingerprint density at radius 3 is 2.60 bits per heavy atom. The number of rotatable bonds is 3. The summed E-state index contributed by atoms with van der Waals surface area (Å²) in [6.07, 6.45) is 2.22. The molecule has 2 unspecified atom stereocenters. The Morgan fingerprint density at radius 2 is 2.20 bits per heavy atom. The van der Waals surface area contributed by atoms with E-state index >= 15 is 0 Å². The minimum absolute atomic E-state index is 0.167. The minimum atomic E-state index is -0.167. The molecule has 1 saturated carbocycles. The molecule has 15 heavy (non-hydrogen) atoms. The van der Waals surface area contributed by atoms with Crippen molar-refractivity contribution in [3.63, 3.8) is 0 Å². The fourth-order valence-electron chi connectivity index (χ4n) is 2.64. The molecule has 86 valence electrons. The first-order valence-corrected chi connectivity index (χ1v) is 5.71. The maximum Gasteiger partial charge on any atom is 0.244 e. The molecular formula is C11H21N3O. The fourth-order valence-corrected chi connectivity index (χ4v) is 2.64. The van der Waals surface area contributed by atoms with Crippen molar-refractivity contribution in [3.8, 4) is 0 Å². The van der Waals surface area contributed by atoms with Gasteiger partial charge < -0.3 is 9.80 Å². The Morgan fingerprint density at radius 1 is 1.60 bits per heavy atom. The summed E-state index contributed by atoms with van der Waals surface area (Å²) >= 11 is 0. The van der Waals surface area contributed by atoms with Crippen LogP contribution < -0.4 is 5.32 Å². The topological polar surface area (TPSA) is 35.6 Å². The predicted molar refractivity (Wildman–Crippen MR) is 59.4 cm³/mol. The molecule has 1 spiro atoms. The molecule has 1 saturated heterocycles. The van der Waals surface area contributed by atoms with Crippen molar-refractivity contribution >= 4 is 5.91 Å². The maximum atomic E-state index is 12.2. The number of likely N-dealkylation sites (N-methyl/N-ethyl adjacent to an activating group) is 1. The fraction of sp³-hybridized carbons (Fsp3) is 0.909. The lowest BCUT2D eigenvalue weighted by Gasteiger charge is -2.30. The summed E-state index contributed by atoms with van der Waals surface area (Å²) in [4.78, 5) is 16.3. The van der Waals surface area contributed by atoms with Crippen LogP contribution in [0.1, 0.15) is 26.7 Å². The van der Waals surface area contributed by atoms with E-state index in [4.69, 9.17) is 0 Å². The number of hydrogen-bond donors (Lipinski definition) is 1. The highest BCUT2D eigenvalue weighted by atomic mass is 16.2. The Kier molecular flexibility index (Phi) is 2.51. The second kappa shape index (κ2) is 3.46. The summed E-state index contributed by atoms with van der Waals surface area (Å²) in [7, 11) is 4.09. The number of amides is 1. The monoisotopic (exact) mass is 211 g/mol. The van der Waals surface area contributed by atoms with E-state index in [9.17, 15) is 4.79 Å². The Labute approximate surface area is 91.6 Å². The molecule has 2 rings (SSSR count). The molecule has 4 heteroatoms. The number of nitrogens with one attached hydrogen (secondary N) is 1. The van der Waals surface area contributed by atoms with Crippen molar-refractivity contribution in [1.82, 2.24) is 15.1 Å². The molecular weight excluding hydrogens is 190 g/mol. The summed E-state index contributed by atoms with van der Waals surface area (Å²) in [5.41, 5.74) is -0.167. The van der Waals surface area contributed by atoms with Crippen LogP contribution in [-0.4, -0.2) is 54.1 Å². The minimum Gasteiger partial charge on any atom is -0.322 e. The second-order valence-electron chi connectivity index (χ2n) is 5.23. The highest BCUT2D eigenvalue weighted by molar-refractivity contribution is 5.92. The molecule has 2 aliphatic rings. The van der Waals surface area contributed by atoms with E-state index in [0.29, 0.717) is 5.91 Å². The summed E-state index contributed by atoms with van der Waals surface area (Å²) < 4.78 is 0. The molecule has 2 fully saturated rings. The van der Waals surface area contributed by atoms with E-state index in [-0.39, 0.29) is 17.7 Å². The van der Waals surface area contributed by atoms with Gasteiger partial charge in [0.25, 0.3) is 0 Å². The third-order valence-corrected chi connectivity index (χ3v) is 3.40. The zero-order valence-corrected chi connectivity index (χ0v) is 10.1. The van der Waals surface area contributed by atoms with E-state index in [1.54, 1.807) is 0 Å². The van der Waals surface area contributed by atoms with Crippen LogP contribution in [-0.2, 0) is 4.79 Å². The highest BCUT2D eigenvalue weighted by Crippen LogP contribution is 2.42. The average molecular weight is 211 g/mol. The van der Waals surface area contributed by atoms with Crippen molar-refractivity contribution in [2.45, 2.75) is 44.4 Å². The first-order chi connectivity index (χ1) is 6.96. The normalized spacial score (nSPS) is 30.3. The zero-order chi connectivity index (χ0) is 11.2. The standard InChI is InChI=1S/C11H21N3O/c1-8(7-13(3)4)14-9(2)12-11(5-6-11)10(14)15/h8-9,12H,5-7H2,1-4H3. The molecule has 0 bridgehead atoms. The van der Waals surface area contributed by atoms with Crippen LogP contribution >= 0.6 is 0 Å². The number of carbonyl (C=O) groups excluding carboxylic acids is 1. The Bertz CT molecular complexity index is 273. The molecule has 4 nitrogen and oxygen atoms in total. The molecule has 1 heterocycles. The third-order valence-electron chi connectivity index (χ3n) is 3.40. The van der Waals surface area contributed by atoms with Crippen LogP contribution in [0.25, 0.3) is 0 Å². The summed E-state index contributed by atoms with van der Waals surface area (Å²) in [6, 6.07) is 0.287. The molecule has 1 N–H and O–H groups in total. The maximum absolute atomic E-state index is 12.2. The van der Waals surface area contributed by atoms with Gasteiger partial charge in [0.05, 0.1) is 11.7 Å². The van der Waals surface area contributed by atoms with E-state index in [1.807, 2.05) is 19.0 Å². The average Bonchev–Trinajstić information content (AvgIpc) is 2.78. The van der Waals surface area contributed by atoms with Gasteiger partial charge in [-0.15, -0.1) is 0 Å². The largest absolute Gasteiger partial charge is 0.322 e. The number of nitrogens with zero attached hydrogens (tertiary/aromatic N) is 2. The van der Waals surface area contributed by atoms with Gasteiger partial charge in [0.2, 0.25) is 5.91 Å². The quantitative estimate of drug-likeness (QED) is 0.727. The van der Waals surface area contributed by atoms with Gasteiger partial charge in [-0.05, 0) is 40.8 Å².